The quantitative estimate of drug-likeness (QED) is 0.854. The SMILES string of the molecule is CCCC1(C(=O)NC(C)c2ccc(Cl)c(Cl)c2)CCCN1. The van der Waals surface area contributed by atoms with Crippen LogP contribution in [0.4, 0.5) is 0 Å². The second-order valence-corrected chi connectivity index (χ2v) is 6.55. The van der Waals surface area contributed by atoms with Gasteiger partial charge < -0.3 is 10.6 Å². The molecule has 3 nitrogen and oxygen atoms in total. The Hall–Kier alpha value is -0.770. The highest BCUT2D eigenvalue weighted by atomic mass is 35.5. The Kier molecular flexibility index (Phi) is 5.53. The molecule has 0 radical (unpaired) electrons. The molecule has 1 aliphatic rings. The average Bonchev–Trinajstić information content (AvgIpc) is 2.92. The molecule has 1 saturated heterocycles. The molecule has 2 rings (SSSR count). The summed E-state index contributed by atoms with van der Waals surface area (Å²) in [6, 6.07) is 5.37. The van der Waals surface area contributed by atoms with Crippen molar-refractivity contribution in [1.29, 1.82) is 0 Å². The van der Waals surface area contributed by atoms with Crippen molar-refractivity contribution >= 4 is 29.1 Å². The standard InChI is InChI=1S/C16H22Cl2N2O/c1-3-7-16(8-4-9-19-16)15(21)20-11(2)12-5-6-13(17)14(18)10-12/h5-6,10-11,19H,3-4,7-9H2,1-2H3,(H,20,21). The molecule has 1 aliphatic heterocycles. The summed E-state index contributed by atoms with van der Waals surface area (Å²) in [5.41, 5.74) is 0.557. The second kappa shape index (κ2) is 6.99. The Balaban J connectivity index is 2.08. The van der Waals surface area contributed by atoms with Gasteiger partial charge in [0, 0.05) is 0 Å². The second-order valence-electron chi connectivity index (χ2n) is 5.73. The third-order valence-corrected chi connectivity index (χ3v) is 4.89. The fraction of sp³-hybridized carbons (Fsp3) is 0.562. The molecule has 1 amide bonds. The summed E-state index contributed by atoms with van der Waals surface area (Å²) in [6.07, 6.45) is 3.81. The van der Waals surface area contributed by atoms with Crippen LogP contribution in [0, 0.1) is 0 Å². The Bertz CT molecular complexity index is 513. The van der Waals surface area contributed by atoms with Crippen molar-refractivity contribution in [3.63, 3.8) is 0 Å². The van der Waals surface area contributed by atoms with E-state index in [0.717, 1.165) is 37.8 Å². The minimum absolute atomic E-state index is 0.0837. The van der Waals surface area contributed by atoms with E-state index >= 15 is 0 Å². The van der Waals surface area contributed by atoms with E-state index in [-0.39, 0.29) is 11.9 Å². The summed E-state index contributed by atoms with van der Waals surface area (Å²) < 4.78 is 0. The number of carbonyl (C=O) groups excluding carboxylic acids is 1. The molecule has 0 aliphatic carbocycles. The van der Waals surface area contributed by atoms with Gasteiger partial charge in [-0.3, -0.25) is 4.79 Å². The fourth-order valence-corrected chi connectivity index (χ4v) is 3.26. The smallest absolute Gasteiger partial charge is 0.240 e. The van der Waals surface area contributed by atoms with Crippen molar-refractivity contribution in [3.8, 4) is 0 Å². The Morgan fingerprint density at radius 1 is 1.43 bits per heavy atom. The largest absolute Gasteiger partial charge is 0.348 e. The Labute approximate surface area is 136 Å². The minimum Gasteiger partial charge on any atom is -0.348 e. The molecular formula is C16H22Cl2N2O. The van der Waals surface area contributed by atoms with Gasteiger partial charge in [0.25, 0.3) is 0 Å². The molecule has 2 unspecified atom stereocenters. The monoisotopic (exact) mass is 328 g/mol. The van der Waals surface area contributed by atoms with Crippen molar-refractivity contribution < 1.29 is 4.79 Å². The van der Waals surface area contributed by atoms with Gasteiger partial charge in [-0.1, -0.05) is 42.6 Å². The van der Waals surface area contributed by atoms with Crippen molar-refractivity contribution in [2.24, 2.45) is 0 Å². The van der Waals surface area contributed by atoms with Gasteiger partial charge in [0.1, 0.15) is 0 Å². The van der Waals surface area contributed by atoms with Gasteiger partial charge in [-0.15, -0.1) is 0 Å². The number of hydrogen-bond donors (Lipinski definition) is 2. The van der Waals surface area contributed by atoms with Gasteiger partial charge in [0.2, 0.25) is 5.91 Å². The third-order valence-electron chi connectivity index (χ3n) is 4.15. The van der Waals surface area contributed by atoms with Crippen molar-refractivity contribution in [2.75, 3.05) is 6.54 Å². The minimum atomic E-state index is -0.404. The number of rotatable bonds is 5. The topological polar surface area (TPSA) is 41.1 Å². The molecule has 2 N–H and O–H groups in total. The van der Waals surface area contributed by atoms with E-state index in [4.69, 9.17) is 23.2 Å². The molecule has 116 valence electrons. The summed E-state index contributed by atoms with van der Waals surface area (Å²) >= 11 is 12.0. The highest BCUT2D eigenvalue weighted by Gasteiger charge is 2.40. The van der Waals surface area contributed by atoms with Crippen LogP contribution in [0.15, 0.2) is 18.2 Å². The molecule has 1 fully saturated rings. The molecule has 0 saturated carbocycles. The number of nitrogens with one attached hydrogen (secondary N) is 2. The third kappa shape index (κ3) is 3.71. The zero-order valence-electron chi connectivity index (χ0n) is 12.5. The van der Waals surface area contributed by atoms with Crippen molar-refractivity contribution in [2.45, 2.75) is 51.1 Å². The fourth-order valence-electron chi connectivity index (χ4n) is 2.95. The summed E-state index contributed by atoms with van der Waals surface area (Å²) in [4.78, 5) is 12.7. The van der Waals surface area contributed by atoms with Crippen LogP contribution >= 0.6 is 23.2 Å². The molecule has 0 bridgehead atoms. The van der Waals surface area contributed by atoms with Crippen LogP contribution in [-0.2, 0) is 4.79 Å². The van der Waals surface area contributed by atoms with Gasteiger partial charge in [-0.25, -0.2) is 0 Å². The van der Waals surface area contributed by atoms with E-state index in [9.17, 15) is 4.79 Å². The molecular weight excluding hydrogens is 307 g/mol. The molecule has 0 aromatic heterocycles. The number of amides is 1. The van der Waals surface area contributed by atoms with Gasteiger partial charge >= 0.3 is 0 Å². The van der Waals surface area contributed by atoms with Crippen LogP contribution < -0.4 is 10.6 Å². The Morgan fingerprint density at radius 3 is 2.76 bits per heavy atom. The van der Waals surface area contributed by atoms with Gasteiger partial charge in [-0.2, -0.15) is 0 Å². The van der Waals surface area contributed by atoms with E-state index < -0.39 is 5.54 Å². The molecule has 1 heterocycles. The maximum Gasteiger partial charge on any atom is 0.240 e. The maximum atomic E-state index is 12.7. The van der Waals surface area contributed by atoms with Crippen molar-refractivity contribution in [3.05, 3.63) is 33.8 Å². The van der Waals surface area contributed by atoms with Gasteiger partial charge in [0.05, 0.1) is 21.6 Å². The van der Waals surface area contributed by atoms with E-state index in [1.54, 1.807) is 6.07 Å². The van der Waals surface area contributed by atoms with Gasteiger partial charge in [-0.05, 0) is 50.4 Å². The molecule has 1 aromatic carbocycles. The first-order valence-electron chi connectivity index (χ1n) is 7.49. The first-order valence-corrected chi connectivity index (χ1v) is 8.25. The number of hydrogen-bond acceptors (Lipinski definition) is 2. The van der Waals surface area contributed by atoms with Crippen molar-refractivity contribution in [1.82, 2.24) is 10.6 Å². The molecule has 5 heteroatoms. The Morgan fingerprint density at radius 2 is 2.19 bits per heavy atom. The van der Waals surface area contributed by atoms with E-state index in [1.165, 1.54) is 0 Å². The van der Waals surface area contributed by atoms with Crippen LogP contribution in [0.1, 0.15) is 51.1 Å². The predicted molar refractivity (Wildman–Crippen MR) is 87.9 cm³/mol. The van der Waals surface area contributed by atoms with Crippen LogP contribution in [0.2, 0.25) is 10.0 Å². The molecule has 0 spiro atoms. The molecule has 1 aromatic rings. The zero-order chi connectivity index (χ0) is 15.5. The molecule has 2 atom stereocenters. The highest BCUT2D eigenvalue weighted by Crippen LogP contribution is 2.28. The lowest BCUT2D eigenvalue weighted by Gasteiger charge is -2.29. The van der Waals surface area contributed by atoms with Crippen LogP contribution in [0.5, 0.6) is 0 Å². The zero-order valence-corrected chi connectivity index (χ0v) is 14.0. The maximum absolute atomic E-state index is 12.7. The summed E-state index contributed by atoms with van der Waals surface area (Å²) in [5.74, 6) is 0.0837. The lowest BCUT2D eigenvalue weighted by Crippen LogP contribution is -2.53. The van der Waals surface area contributed by atoms with E-state index in [2.05, 4.69) is 17.6 Å². The average molecular weight is 329 g/mol. The predicted octanol–water partition coefficient (Wildman–Crippen LogP) is 4.09. The number of carbonyl (C=O) groups is 1. The number of halogens is 2. The van der Waals surface area contributed by atoms with Gasteiger partial charge in [0.15, 0.2) is 0 Å². The summed E-state index contributed by atoms with van der Waals surface area (Å²) in [6.45, 7) is 4.98. The molecule has 21 heavy (non-hydrogen) atoms. The highest BCUT2D eigenvalue weighted by molar-refractivity contribution is 6.42. The van der Waals surface area contributed by atoms with E-state index in [1.807, 2.05) is 19.1 Å². The lowest BCUT2D eigenvalue weighted by molar-refractivity contribution is -0.128. The first-order chi connectivity index (χ1) is 9.98. The number of benzene rings is 1. The summed E-state index contributed by atoms with van der Waals surface area (Å²) in [7, 11) is 0. The van der Waals surface area contributed by atoms with E-state index in [0.29, 0.717) is 10.0 Å². The first kappa shape index (κ1) is 16.6. The normalized spacial score (nSPS) is 23.0. The van der Waals surface area contributed by atoms with Crippen LogP contribution in [0.25, 0.3) is 0 Å². The summed E-state index contributed by atoms with van der Waals surface area (Å²) in [5, 5.41) is 7.53. The van der Waals surface area contributed by atoms with Crippen LogP contribution in [-0.4, -0.2) is 18.0 Å². The lowest BCUT2D eigenvalue weighted by atomic mass is 9.90. The van der Waals surface area contributed by atoms with Crippen LogP contribution in [0.3, 0.4) is 0 Å².